The van der Waals surface area contributed by atoms with Crippen LogP contribution in [0.5, 0.6) is 0 Å². The number of hydrogen-bond acceptors (Lipinski definition) is 4. The number of hydrogen-bond donors (Lipinski definition) is 2. The first kappa shape index (κ1) is 13.7. The van der Waals surface area contributed by atoms with Crippen molar-refractivity contribution >= 4 is 11.8 Å². The quantitative estimate of drug-likeness (QED) is 0.845. The summed E-state index contributed by atoms with van der Waals surface area (Å²) >= 11 is 0. The van der Waals surface area contributed by atoms with Crippen LogP contribution in [0.25, 0.3) is 0 Å². The minimum atomic E-state index is -0.520. The number of aryl methyl sites for hydroxylation is 1. The minimum Gasteiger partial charge on any atom is -0.366 e. The largest absolute Gasteiger partial charge is 0.366 e. The molecular formula is C13H15N5O2. The molecule has 3 N–H and O–H groups in total. The first-order valence-corrected chi connectivity index (χ1v) is 6.00. The van der Waals surface area contributed by atoms with E-state index in [1.807, 2.05) is 0 Å². The average molecular weight is 273 g/mol. The Kier molecular flexibility index (Phi) is 3.79. The van der Waals surface area contributed by atoms with Crippen molar-refractivity contribution in [1.82, 2.24) is 20.1 Å². The monoisotopic (exact) mass is 273 g/mol. The molecule has 104 valence electrons. The van der Waals surface area contributed by atoms with E-state index < -0.39 is 5.91 Å². The third-order valence-corrected chi connectivity index (χ3v) is 2.79. The molecule has 2 rings (SSSR count). The van der Waals surface area contributed by atoms with E-state index in [4.69, 9.17) is 5.73 Å². The Labute approximate surface area is 115 Å². The van der Waals surface area contributed by atoms with Crippen molar-refractivity contribution in [3.8, 4) is 0 Å². The molecule has 7 heteroatoms. The van der Waals surface area contributed by atoms with Gasteiger partial charge < -0.3 is 10.6 Å². The van der Waals surface area contributed by atoms with E-state index in [1.54, 1.807) is 26.1 Å². The van der Waals surface area contributed by atoms with Gasteiger partial charge in [-0.15, -0.1) is 0 Å². The fourth-order valence-electron chi connectivity index (χ4n) is 1.74. The number of nitrogens with one attached hydrogen (secondary N) is 1. The second-order valence-corrected chi connectivity index (χ2v) is 4.44. The summed E-state index contributed by atoms with van der Waals surface area (Å²) in [4.78, 5) is 28.8. The van der Waals surface area contributed by atoms with Crippen LogP contribution < -0.4 is 5.73 Å². The standard InChI is InChI=1S/C13H15N5O2/c1-8-15-11(17-16-8)7-18(2)13(20)10-5-3-9(4-6-10)12(14)19/h3-6H,7H2,1-2H3,(H2,14,19)(H,15,16,17). The molecular weight excluding hydrogens is 258 g/mol. The Morgan fingerprint density at radius 3 is 2.35 bits per heavy atom. The van der Waals surface area contributed by atoms with Crippen molar-refractivity contribution in [2.75, 3.05) is 7.05 Å². The summed E-state index contributed by atoms with van der Waals surface area (Å²) in [5.41, 5.74) is 6.00. The van der Waals surface area contributed by atoms with Gasteiger partial charge in [0.1, 0.15) is 5.82 Å². The van der Waals surface area contributed by atoms with Crippen LogP contribution in [0.4, 0.5) is 0 Å². The van der Waals surface area contributed by atoms with Crippen LogP contribution in [-0.2, 0) is 6.54 Å². The van der Waals surface area contributed by atoms with Gasteiger partial charge in [0.05, 0.1) is 6.54 Å². The predicted octanol–water partition coefficient (Wildman–Crippen LogP) is 0.484. The third kappa shape index (κ3) is 3.00. The van der Waals surface area contributed by atoms with Crippen LogP contribution in [0, 0.1) is 6.92 Å². The predicted molar refractivity (Wildman–Crippen MR) is 71.9 cm³/mol. The maximum absolute atomic E-state index is 12.2. The van der Waals surface area contributed by atoms with Crippen molar-refractivity contribution in [1.29, 1.82) is 0 Å². The van der Waals surface area contributed by atoms with Crippen molar-refractivity contribution in [2.24, 2.45) is 5.73 Å². The molecule has 0 radical (unpaired) electrons. The highest BCUT2D eigenvalue weighted by molar-refractivity contribution is 5.97. The highest BCUT2D eigenvalue weighted by Crippen LogP contribution is 2.08. The topological polar surface area (TPSA) is 105 Å². The lowest BCUT2D eigenvalue weighted by Crippen LogP contribution is -2.26. The Hall–Kier alpha value is -2.70. The number of aromatic nitrogens is 3. The summed E-state index contributed by atoms with van der Waals surface area (Å²) in [7, 11) is 1.66. The Morgan fingerprint density at radius 1 is 1.25 bits per heavy atom. The van der Waals surface area contributed by atoms with Gasteiger partial charge in [0.25, 0.3) is 5.91 Å². The molecule has 0 unspecified atom stereocenters. The third-order valence-electron chi connectivity index (χ3n) is 2.79. The molecule has 0 aliphatic heterocycles. The molecule has 0 saturated carbocycles. The number of H-pyrrole nitrogens is 1. The fraction of sp³-hybridized carbons (Fsp3) is 0.231. The van der Waals surface area contributed by atoms with E-state index in [0.29, 0.717) is 29.3 Å². The van der Waals surface area contributed by atoms with E-state index in [2.05, 4.69) is 15.2 Å². The number of benzene rings is 1. The molecule has 2 amide bonds. The van der Waals surface area contributed by atoms with Gasteiger partial charge in [0.15, 0.2) is 5.82 Å². The number of carbonyl (C=O) groups excluding carboxylic acids is 2. The molecule has 1 aromatic carbocycles. The molecule has 2 aromatic rings. The molecule has 0 saturated heterocycles. The molecule has 0 bridgehead atoms. The first-order chi connectivity index (χ1) is 9.47. The van der Waals surface area contributed by atoms with E-state index >= 15 is 0 Å². The Balaban J connectivity index is 2.08. The number of nitrogens with two attached hydrogens (primary N) is 1. The summed E-state index contributed by atoms with van der Waals surface area (Å²) in [5.74, 6) is 0.552. The van der Waals surface area contributed by atoms with E-state index in [9.17, 15) is 9.59 Å². The summed E-state index contributed by atoms with van der Waals surface area (Å²) < 4.78 is 0. The van der Waals surface area contributed by atoms with E-state index in [-0.39, 0.29) is 5.91 Å². The summed E-state index contributed by atoms with van der Waals surface area (Å²) in [6.45, 7) is 2.10. The number of nitrogens with zero attached hydrogens (tertiary/aromatic N) is 3. The van der Waals surface area contributed by atoms with E-state index in [1.165, 1.54) is 17.0 Å². The highest BCUT2D eigenvalue weighted by Gasteiger charge is 2.14. The van der Waals surface area contributed by atoms with Crippen LogP contribution in [-0.4, -0.2) is 38.9 Å². The van der Waals surface area contributed by atoms with Crippen LogP contribution in [0.15, 0.2) is 24.3 Å². The van der Waals surface area contributed by atoms with Gasteiger partial charge in [-0.3, -0.25) is 14.7 Å². The average Bonchev–Trinajstić information content (AvgIpc) is 2.83. The normalized spacial score (nSPS) is 10.3. The van der Waals surface area contributed by atoms with Crippen molar-refractivity contribution < 1.29 is 9.59 Å². The van der Waals surface area contributed by atoms with Crippen molar-refractivity contribution in [2.45, 2.75) is 13.5 Å². The summed E-state index contributed by atoms with van der Waals surface area (Å²) in [6.07, 6.45) is 0. The zero-order chi connectivity index (χ0) is 14.7. The van der Waals surface area contributed by atoms with Crippen molar-refractivity contribution in [3.63, 3.8) is 0 Å². The van der Waals surface area contributed by atoms with Gasteiger partial charge in [0, 0.05) is 18.2 Å². The van der Waals surface area contributed by atoms with Gasteiger partial charge in [-0.2, -0.15) is 5.10 Å². The molecule has 7 nitrogen and oxygen atoms in total. The zero-order valence-corrected chi connectivity index (χ0v) is 11.3. The van der Waals surface area contributed by atoms with Gasteiger partial charge in [0.2, 0.25) is 5.91 Å². The lowest BCUT2D eigenvalue weighted by Gasteiger charge is -2.15. The molecule has 1 heterocycles. The maximum Gasteiger partial charge on any atom is 0.254 e. The maximum atomic E-state index is 12.2. The smallest absolute Gasteiger partial charge is 0.254 e. The van der Waals surface area contributed by atoms with Gasteiger partial charge in [-0.05, 0) is 31.2 Å². The van der Waals surface area contributed by atoms with Gasteiger partial charge >= 0.3 is 0 Å². The van der Waals surface area contributed by atoms with Crippen LogP contribution in [0.3, 0.4) is 0 Å². The zero-order valence-electron chi connectivity index (χ0n) is 11.3. The molecule has 0 fully saturated rings. The Bertz CT molecular complexity index is 632. The van der Waals surface area contributed by atoms with Gasteiger partial charge in [-0.1, -0.05) is 0 Å². The number of amides is 2. The molecule has 0 aliphatic rings. The second kappa shape index (κ2) is 5.52. The number of carbonyl (C=O) groups is 2. The number of aromatic amines is 1. The van der Waals surface area contributed by atoms with Crippen LogP contribution in [0.1, 0.15) is 32.4 Å². The van der Waals surface area contributed by atoms with E-state index in [0.717, 1.165) is 0 Å². The lowest BCUT2D eigenvalue weighted by atomic mass is 10.1. The summed E-state index contributed by atoms with van der Waals surface area (Å²) in [6, 6.07) is 6.20. The minimum absolute atomic E-state index is 0.177. The molecule has 20 heavy (non-hydrogen) atoms. The molecule has 0 aliphatic carbocycles. The second-order valence-electron chi connectivity index (χ2n) is 4.44. The van der Waals surface area contributed by atoms with Gasteiger partial charge in [-0.25, -0.2) is 4.98 Å². The molecule has 0 atom stereocenters. The number of primary amides is 1. The lowest BCUT2D eigenvalue weighted by molar-refractivity contribution is 0.0781. The number of rotatable bonds is 4. The molecule has 1 aromatic heterocycles. The first-order valence-electron chi connectivity index (χ1n) is 6.00. The highest BCUT2D eigenvalue weighted by atomic mass is 16.2. The van der Waals surface area contributed by atoms with Crippen LogP contribution >= 0.6 is 0 Å². The SMILES string of the molecule is Cc1nc(CN(C)C(=O)c2ccc(C(N)=O)cc2)n[nH]1. The van der Waals surface area contributed by atoms with Crippen molar-refractivity contribution in [3.05, 3.63) is 47.0 Å². The molecule has 0 spiro atoms. The summed E-state index contributed by atoms with van der Waals surface area (Å²) in [5, 5.41) is 6.70. The fourth-order valence-corrected chi connectivity index (χ4v) is 1.74. The van der Waals surface area contributed by atoms with Crippen LogP contribution in [0.2, 0.25) is 0 Å². The Morgan fingerprint density at radius 2 is 1.85 bits per heavy atom.